The second-order valence-corrected chi connectivity index (χ2v) is 4.49. The van der Waals surface area contributed by atoms with Crippen molar-refractivity contribution in [1.82, 2.24) is 15.6 Å². The van der Waals surface area contributed by atoms with Crippen molar-refractivity contribution in [2.45, 2.75) is 25.3 Å². The summed E-state index contributed by atoms with van der Waals surface area (Å²) in [6.45, 7) is 1.71. The third kappa shape index (κ3) is 3.33. The average Bonchev–Trinajstić information content (AvgIpc) is 2.56. The number of rotatable bonds is 2. The maximum Gasteiger partial charge on any atom is 0.251 e. The number of aromatic amines is 1. The Kier molecular flexibility index (Phi) is 3.99. The molecule has 1 fully saturated rings. The lowest BCUT2D eigenvalue weighted by Gasteiger charge is -2.16. The van der Waals surface area contributed by atoms with Gasteiger partial charge in [-0.3, -0.25) is 14.6 Å². The third-order valence-electron chi connectivity index (χ3n) is 2.97. The highest BCUT2D eigenvalue weighted by Gasteiger charge is 2.16. The van der Waals surface area contributed by atoms with Gasteiger partial charge < -0.3 is 15.7 Å². The lowest BCUT2D eigenvalue weighted by molar-refractivity contribution is 0.0935. The van der Waals surface area contributed by atoms with Crippen LogP contribution in [0.4, 0.5) is 0 Å². The van der Waals surface area contributed by atoms with Crippen molar-refractivity contribution in [3.05, 3.63) is 28.0 Å². The van der Waals surface area contributed by atoms with Crippen LogP contribution >= 0.6 is 0 Å². The van der Waals surface area contributed by atoms with Crippen LogP contribution in [0.1, 0.15) is 29.6 Å². The van der Waals surface area contributed by atoms with Crippen LogP contribution in [-0.4, -0.2) is 35.1 Å². The van der Waals surface area contributed by atoms with E-state index in [2.05, 4.69) is 15.6 Å². The van der Waals surface area contributed by atoms with Gasteiger partial charge in [-0.15, -0.1) is 0 Å². The smallest absolute Gasteiger partial charge is 0.251 e. The van der Waals surface area contributed by atoms with Crippen LogP contribution in [0.2, 0.25) is 0 Å². The predicted octanol–water partition coefficient (Wildman–Crippen LogP) is -0.0476. The van der Waals surface area contributed by atoms with Crippen molar-refractivity contribution < 1.29 is 9.90 Å². The number of H-pyrrole nitrogens is 1. The molecule has 0 radical (unpaired) electrons. The molecule has 1 aliphatic heterocycles. The Morgan fingerprint density at radius 3 is 3.00 bits per heavy atom. The van der Waals surface area contributed by atoms with Crippen LogP contribution in [0.25, 0.3) is 0 Å². The summed E-state index contributed by atoms with van der Waals surface area (Å²) >= 11 is 0. The van der Waals surface area contributed by atoms with E-state index in [4.69, 9.17) is 0 Å². The molecular weight excluding hydrogens is 234 g/mol. The summed E-state index contributed by atoms with van der Waals surface area (Å²) in [6, 6.07) is 2.50. The summed E-state index contributed by atoms with van der Waals surface area (Å²) in [4.78, 5) is 25.3. The minimum atomic E-state index is -0.487. The van der Waals surface area contributed by atoms with Gasteiger partial charge in [0, 0.05) is 24.7 Å². The van der Waals surface area contributed by atoms with Gasteiger partial charge in [0.05, 0.1) is 5.56 Å². The normalized spacial score (nSPS) is 20.1. The molecule has 1 aromatic heterocycles. The molecule has 2 rings (SSSR count). The van der Waals surface area contributed by atoms with Gasteiger partial charge in [0.1, 0.15) is 0 Å². The summed E-state index contributed by atoms with van der Waals surface area (Å²) < 4.78 is 0. The van der Waals surface area contributed by atoms with Gasteiger partial charge in [-0.1, -0.05) is 6.42 Å². The van der Waals surface area contributed by atoms with Crippen LogP contribution in [0.15, 0.2) is 16.9 Å². The molecule has 2 heterocycles. The molecule has 1 saturated heterocycles. The first kappa shape index (κ1) is 12.6. The Hall–Kier alpha value is -1.82. The largest absolute Gasteiger partial charge is 0.494 e. The van der Waals surface area contributed by atoms with Crippen LogP contribution in [0.5, 0.6) is 5.88 Å². The van der Waals surface area contributed by atoms with Crippen LogP contribution in [0.3, 0.4) is 0 Å². The minimum Gasteiger partial charge on any atom is -0.494 e. The minimum absolute atomic E-state index is 0.0708. The number of aromatic nitrogens is 1. The highest BCUT2D eigenvalue weighted by atomic mass is 16.3. The predicted molar refractivity (Wildman–Crippen MR) is 66.7 cm³/mol. The van der Waals surface area contributed by atoms with Crippen molar-refractivity contribution in [2.24, 2.45) is 0 Å². The summed E-state index contributed by atoms with van der Waals surface area (Å²) in [7, 11) is 0. The van der Waals surface area contributed by atoms with E-state index in [-0.39, 0.29) is 23.4 Å². The topological polar surface area (TPSA) is 94.2 Å². The first-order valence-corrected chi connectivity index (χ1v) is 6.10. The Morgan fingerprint density at radius 1 is 1.39 bits per heavy atom. The molecule has 1 atom stereocenters. The van der Waals surface area contributed by atoms with E-state index in [0.717, 1.165) is 32.4 Å². The number of amides is 1. The number of hydrogen-bond donors (Lipinski definition) is 4. The monoisotopic (exact) mass is 251 g/mol. The fourth-order valence-electron chi connectivity index (χ4n) is 2.07. The molecule has 1 unspecified atom stereocenters. The van der Waals surface area contributed by atoms with E-state index in [1.165, 1.54) is 12.1 Å². The number of hydrogen-bond acceptors (Lipinski definition) is 4. The maximum absolute atomic E-state index is 11.9. The zero-order chi connectivity index (χ0) is 13.0. The molecule has 18 heavy (non-hydrogen) atoms. The van der Waals surface area contributed by atoms with Gasteiger partial charge in [0.25, 0.3) is 11.5 Å². The SMILES string of the molecule is O=C(NC1CCCCNC1)c1cc(O)[nH]c(=O)c1. The molecular formula is C12H17N3O3. The number of carbonyl (C=O) groups is 1. The van der Waals surface area contributed by atoms with E-state index in [0.29, 0.717) is 0 Å². The fourth-order valence-corrected chi connectivity index (χ4v) is 2.07. The highest BCUT2D eigenvalue weighted by Crippen LogP contribution is 2.07. The molecule has 6 heteroatoms. The molecule has 98 valence electrons. The van der Waals surface area contributed by atoms with E-state index < -0.39 is 5.56 Å². The average molecular weight is 251 g/mol. The van der Waals surface area contributed by atoms with Crippen molar-refractivity contribution in [1.29, 1.82) is 0 Å². The lowest BCUT2D eigenvalue weighted by Crippen LogP contribution is -2.41. The quantitative estimate of drug-likeness (QED) is 0.593. The molecule has 0 saturated carbocycles. The van der Waals surface area contributed by atoms with Gasteiger partial charge in [0.2, 0.25) is 0 Å². The molecule has 0 aliphatic carbocycles. The van der Waals surface area contributed by atoms with Gasteiger partial charge in [0.15, 0.2) is 5.88 Å². The molecule has 0 bridgehead atoms. The summed E-state index contributed by atoms with van der Waals surface area (Å²) in [5.74, 6) is -0.628. The first-order chi connectivity index (χ1) is 8.65. The Bertz CT molecular complexity index is 476. The molecule has 1 aromatic rings. The number of pyridine rings is 1. The van der Waals surface area contributed by atoms with Gasteiger partial charge in [-0.2, -0.15) is 0 Å². The summed E-state index contributed by atoms with van der Waals surface area (Å²) in [5, 5.41) is 15.4. The molecule has 4 N–H and O–H groups in total. The van der Waals surface area contributed by atoms with Crippen LogP contribution in [-0.2, 0) is 0 Å². The van der Waals surface area contributed by atoms with Crippen molar-refractivity contribution >= 4 is 5.91 Å². The Morgan fingerprint density at radius 2 is 2.22 bits per heavy atom. The lowest BCUT2D eigenvalue weighted by atomic mass is 10.1. The Labute approximate surface area is 104 Å². The second-order valence-electron chi connectivity index (χ2n) is 4.49. The van der Waals surface area contributed by atoms with Gasteiger partial charge in [-0.05, 0) is 19.4 Å². The Balaban J connectivity index is 2.04. The van der Waals surface area contributed by atoms with E-state index >= 15 is 0 Å². The van der Waals surface area contributed by atoms with Crippen molar-refractivity contribution in [3.8, 4) is 5.88 Å². The summed E-state index contributed by atoms with van der Waals surface area (Å²) in [5.41, 5.74) is -0.306. The fraction of sp³-hybridized carbons (Fsp3) is 0.500. The molecule has 6 nitrogen and oxygen atoms in total. The maximum atomic E-state index is 11.9. The van der Waals surface area contributed by atoms with E-state index in [9.17, 15) is 14.7 Å². The van der Waals surface area contributed by atoms with Crippen LogP contribution < -0.4 is 16.2 Å². The standard InChI is InChI=1S/C12H17N3O3/c16-10-5-8(6-11(17)15-10)12(18)14-9-3-1-2-4-13-7-9/h5-6,9,13H,1-4,7H2,(H,14,18)(H2,15,16,17). The second kappa shape index (κ2) is 5.68. The van der Waals surface area contributed by atoms with E-state index in [1.54, 1.807) is 0 Å². The van der Waals surface area contributed by atoms with Crippen molar-refractivity contribution in [2.75, 3.05) is 13.1 Å². The number of nitrogens with one attached hydrogen (secondary N) is 3. The number of aromatic hydroxyl groups is 1. The third-order valence-corrected chi connectivity index (χ3v) is 2.97. The van der Waals surface area contributed by atoms with Crippen LogP contribution in [0, 0.1) is 0 Å². The molecule has 0 aromatic carbocycles. The zero-order valence-electron chi connectivity index (χ0n) is 10.0. The zero-order valence-corrected chi connectivity index (χ0v) is 10.0. The highest BCUT2D eigenvalue weighted by molar-refractivity contribution is 5.94. The molecule has 1 aliphatic rings. The van der Waals surface area contributed by atoms with Gasteiger partial charge >= 0.3 is 0 Å². The van der Waals surface area contributed by atoms with E-state index in [1.807, 2.05) is 0 Å². The van der Waals surface area contributed by atoms with Gasteiger partial charge in [-0.25, -0.2) is 0 Å². The first-order valence-electron chi connectivity index (χ1n) is 6.10. The summed E-state index contributed by atoms with van der Waals surface area (Å²) in [6.07, 6.45) is 3.10. The number of carbonyl (C=O) groups excluding carboxylic acids is 1. The molecule has 1 amide bonds. The molecule has 0 spiro atoms. The van der Waals surface area contributed by atoms with Crippen molar-refractivity contribution in [3.63, 3.8) is 0 Å².